The second kappa shape index (κ2) is 10.3. The Kier molecular flexibility index (Phi) is 8.12. The van der Waals surface area contributed by atoms with Gasteiger partial charge in [0.2, 0.25) is 0 Å². The van der Waals surface area contributed by atoms with Crippen molar-refractivity contribution in [3.8, 4) is 0 Å². The largest absolute Gasteiger partial charge is 0.455 e. The fourth-order valence-electron chi connectivity index (χ4n) is 2.15. The Morgan fingerprint density at radius 3 is 2.62 bits per heavy atom. The Hall–Kier alpha value is -1.86. The predicted molar refractivity (Wildman–Crippen MR) is 104 cm³/mol. The molecule has 0 aromatic heterocycles. The van der Waals surface area contributed by atoms with E-state index in [4.69, 9.17) is 4.74 Å². The first-order valence-electron chi connectivity index (χ1n) is 8.00. The quantitative estimate of drug-likeness (QED) is 0.500. The summed E-state index contributed by atoms with van der Waals surface area (Å²) in [5, 5.41) is 2.67. The van der Waals surface area contributed by atoms with Crippen molar-refractivity contribution < 1.29 is 18.7 Å². The summed E-state index contributed by atoms with van der Waals surface area (Å²) in [6.07, 6.45) is 0.582. The summed E-state index contributed by atoms with van der Waals surface area (Å²) in [7, 11) is 0. The maximum atomic E-state index is 12.8. The van der Waals surface area contributed by atoms with Crippen LogP contribution in [-0.4, -0.2) is 30.8 Å². The number of halogens is 2. The molecule has 0 heterocycles. The van der Waals surface area contributed by atoms with Crippen molar-refractivity contribution >= 4 is 39.6 Å². The Labute approximate surface area is 164 Å². The van der Waals surface area contributed by atoms with Gasteiger partial charge in [-0.05, 0) is 54.8 Å². The van der Waals surface area contributed by atoms with Crippen LogP contribution in [0.5, 0.6) is 0 Å². The van der Waals surface area contributed by atoms with Gasteiger partial charge in [-0.15, -0.1) is 11.8 Å². The van der Waals surface area contributed by atoms with Crippen molar-refractivity contribution in [2.45, 2.75) is 18.2 Å². The van der Waals surface area contributed by atoms with Crippen LogP contribution in [0, 0.1) is 12.7 Å². The third-order valence-electron chi connectivity index (χ3n) is 3.50. The lowest BCUT2D eigenvalue weighted by Crippen LogP contribution is -2.30. The molecule has 0 saturated carbocycles. The summed E-state index contributed by atoms with van der Waals surface area (Å²) in [6, 6.07) is 11.9. The molecule has 0 radical (unpaired) electrons. The second-order valence-electron chi connectivity index (χ2n) is 5.59. The van der Waals surface area contributed by atoms with Crippen LogP contribution in [0.15, 0.2) is 51.8 Å². The highest BCUT2D eigenvalue weighted by molar-refractivity contribution is 9.10. The van der Waals surface area contributed by atoms with E-state index in [1.165, 1.54) is 23.9 Å². The number of carbonyl (C=O) groups is 2. The standard InChI is InChI=1S/C19H19BrFNO3S/c1-13-10-15(20)4-7-17(13)26-12-19(24)25-11-18(23)22-9-8-14-2-5-16(21)6-3-14/h2-7,10H,8-9,11-12H2,1H3,(H,22,23). The van der Waals surface area contributed by atoms with Gasteiger partial charge in [0, 0.05) is 15.9 Å². The summed E-state index contributed by atoms with van der Waals surface area (Å²) in [6.45, 7) is 2.06. The highest BCUT2D eigenvalue weighted by Crippen LogP contribution is 2.25. The van der Waals surface area contributed by atoms with E-state index in [0.29, 0.717) is 13.0 Å². The van der Waals surface area contributed by atoms with Gasteiger partial charge in [-0.25, -0.2) is 4.39 Å². The van der Waals surface area contributed by atoms with Gasteiger partial charge < -0.3 is 10.1 Å². The molecular formula is C19H19BrFNO3S. The molecule has 138 valence electrons. The zero-order valence-corrected chi connectivity index (χ0v) is 16.7. The highest BCUT2D eigenvalue weighted by Gasteiger charge is 2.09. The molecule has 1 amide bonds. The average molecular weight is 440 g/mol. The van der Waals surface area contributed by atoms with Crippen LogP contribution in [-0.2, 0) is 20.7 Å². The van der Waals surface area contributed by atoms with Gasteiger partial charge in [0.15, 0.2) is 6.61 Å². The molecular weight excluding hydrogens is 421 g/mol. The second-order valence-corrected chi connectivity index (χ2v) is 7.52. The van der Waals surface area contributed by atoms with E-state index in [9.17, 15) is 14.0 Å². The maximum Gasteiger partial charge on any atom is 0.316 e. The van der Waals surface area contributed by atoms with Gasteiger partial charge in [0.25, 0.3) is 5.91 Å². The molecule has 1 N–H and O–H groups in total. The number of esters is 1. The first-order valence-corrected chi connectivity index (χ1v) is 9.77. The van der Waals surface area contributed by atoms with Crippen LogP contribution in [0.2, 0.25) is 0 Å². The molecule has 0 saturated heterocycles. The van der Waals surface area contributed by atoms with Crippen LogP contribution in [0.1, 0.15) is 11.1 Å². The Morgan fingerprint density at radius 2 is 1.92 bits per heavy atom. The van der Waals surface area contributed by atoms with Gasteiger partial charge in [0.1, 0.15) is 5.82 Å². The van der Waals surface area contributed by atoms with Crippen LogP contribution in [0.4, 0.5) is 4.39 Å². The number of aryl methyl sites for hydroxylation is 1. The molecule has 0 spiro atoms. The normalized spacial score (nSPS) is 10.4. The molecule has 2 aromatic carbocycles. The van der Waals surface area contributed by atoms with Crippen molar-refractivity contribution in [1.82, 2.24) is 5.32 Å². The van der Waals surface area contributed by atoms with Gasteiger partial charge in [-0.1, -0.05) is 28.1 Å². The van der Waals surface area contributed by atoms with E-state index in [-0.39, 0.29) is 24.1 Å². The minimum Gasteiger partial charge on any atom is -0.455 e. The van der Waals surface area contributed by atoms with Gasteiger partial charge in [-0.3, -0.25) is 9.59 Å². The Morgan fingerprint density at radius 1 is 1.19 bits per heavy atom. The van der Waals surface area contributed by atoms with Crippen molar-refractivity contribution in [3.05, 3.63) is 63.9 Å². The van der Waals surface area contributed by atoms with Gasteiger partial charge in [0.05, 0.1) is 5.75 Å². The van der Waals surface area contributed by atoms with Crippen molar-refractivity contribution in [2.24, 2.45) is 0 Å². The topological polar surface area (TPSA) is 55.4 Å². The van der Waals surface area contributed by atoms with E-state index in [1.54, 1.807) is 12.1 Å². The van der Waals surface area contributed by atoms with Gasteiger partial charge in [-0.2, -0.15) is 0 Å². The number of nitrogens with one attached hydrogen (secondary N) is 1. The van der Waals surface area contributed by atoms with Crippen LogP contribution < -0.4 is 5.32 Å². The Balaban J connectivity index is 1.63. The fraction of sp³-hybridized carbons (Fsp3) is 0.263. The molecule has 0 unspecified atom stereocenters. The lowest BCUT2D eigenvalue weighted by molar-refractivity contribution is -0.145. The SMILES string of the molecule is Cc1cc(Br)ccc1SCC(=O)OCC(=O)NCCc1ccc(F)cc1. The van der Waals surface area contributed by atoms with Crippen LogP contribution in [0.25, 0.3) is 0 Å². The molecule has 0 atom stereocenters. The van der Waals surface area contributed by atoms with E-state index in [0.717, 1.165) is 20.5 Å². The summed E-state index contributed by atoms with van der Waals surface area (Å²) in [5.41, 5.74) is 1.99. The number of hydrogen-bond donors (Lipinski definition) is 1. The lowest BCUT2D eigenvalue weighted by atomic mass is 10.1. The molecule has 2 rings (SSSR count). The molecule has 7 heteroatoms. The number of benzene rings is 2. The number of thioether (sulfide) groups is 1. The summed E-state index contributed by atoms with van der Waals surface area (Å²) < 4.78 is 18.8. The predicted octanol–water partition coefficient (Wildman–Crippen LogP) is 3.89. The molecule has 2 aromatic rings. The third-order valence-corrected chi connectivity index (χ3v) is 5.14. The minimum absolute atomic E-state index is 0.144. The minimum atomic E-state index is -0.439. The number of hydrogen-bond acceptors (Lipinski definition) is 4. The first-order chi connectivity index (χ1) is 12.4. The van der Waals surface area contributed by atoms with E-state index in [1.807, 2.05) is 25.1 Å². The van der Waals surface area contributed by atoms with Crippen LogP contribution in [0.3, 0.4) is 0 Å². The summed E-state index contributed by atoms with van der Waals surface area (Å²) >= 11 is 4.77. The third kappa shape index (κ3) is 7.17. The van der Waals surface area contributed by atoms with Crippen LogP contribution >= 0.6 is 27.7 Å². The number of rotatable bonds is 8. The van der Waals surface area contributed by atoms with Gasteiger partial charge >= 0.3 is 5.97 Å². The molecule has 26 heavy (non-hydrogen) atoms. The summed E-state index contributed by atoms with van der Waals surface area (Å²) in [4.78, 5) is 24.5. The highest BCUT2D eigenvalue weighted by atomic mass is 79.9. The Bertz CT molecular complexity index is 768. The first kappa shape index (κ1) is 20.5. The molecule has 0 bridgehead atoms. The van der Waals surface area contributed by atoms with E-state index in [2.05, 4.69) is 21.2 Å². The number of carbonyl (C=O) groups excluding carboxylic acids is 2. The molecule has 0 aliphatic rings. The molecule has 0 fully saturated rings. The van der Waals surface area contributed by atoms with Crippen molar-refractivity contribution in [1.29, 1.82) is 0 Å². The lowest BCUT2D eigenvalue weighted by Gasteiger charge is -2.08. The number of amides is 1. The van der Waals surface area contributed by atoms with E-state index >= 15 is 0 Å². The maximum absolute atomic E-state index is 12.8. The van der Waals surface area contributed by atoms with Crippen molar-refractivity contribution in [3.63, 3.8) is 0 Å². The zero-order chi connectivity index (χ0) is 18.9. The monoisotopic (exact) mass is 439 g/mol. The molecule has 0 aliphatic carbocycles. The summed E-state index contributed by atoms with van der Waals surface area (Å²) in [5.74, 6) is -0.942. The molecule has 0 aliphatic heterocycles. The fourth-order valence-corrected chi connectivity index (χ4v) is 3.43. The van der Waals surface area contributed by atoms with E-state index < -0.39 is 5.97 Å². The average Bonchev–Trinajstić information content (AvgIpc) is 2.61. The van der Waals surface area contributed by atoms with Crippen molar-refractivity contribution in [2.75, 3.05) is 18.9 Å². The smallest absolute Gasteiger partial charge is 0.316 e. The molecule has 4 nitrogen and oxygen atoms in total. The number of ether oxygens (including phenoxy) is 1. The zero-order valence-electron chi connectivity index (χ0n) is 14.3.